The van der Waals surface area contributed by atoms with Crippen molar-refractivity contribution in [1.29, 1.82) is 0 Å². The van der Waals surface area contributed by atoms with Crippen molar-refractivity contribution in [2.24, 2.45) is 0 Å². The van der Waals surface area contributed by atoms with Crippen molar-refractivity contribution in [2.75, 3.05) is 33.0 Å². The van der Waals surface area contributed by atoms with E-state index in [1.807, 2.05) is 0 Å². The molecule has 0 atom stereocenters. The maximum absolute atomic E-state index is 12.3. The zero-order valence-corrected chi connectivity index (χ0v) is 12.5. The Kier molecular flexibility index (Phi) is 4.73. The standard InChI is InChI=1S/C14H20ClN3O2/c1-18-5-3-9(4-6-18)17-14(19)10-7-13(20-2)12(16)8-11(10)15/h7-9H,3-6,16H2,1-2H3,(H,17,19). The molecule has 0 radical (unpaired) electrons. The number of ether oxygens (including phenoxy) is 1. The molecule has 3 N–H and O–H groups in total. The van der Waals surface area contributed by atoms with E-state index < -0.39 is 0 Å². The van der Waals surface area contributed by atoms with E-state index in [-0.39, 0.29) is 11.9 Å². The first kappa shape index (κ1) is 14.9. The smallest absolute Gasteiger partial charge is 0.253 e. The average Bonchev–Trinajstić information content (AvgIpc) is 2.41. The van der Waals surface area contributed by atoms with Gasteiger partial charge in [-0.1, -0.05) is 11.6 Å². The molecule has 1 fully saturated rings. The van der Waals surface area contributed by atoms with Gasteiger partial charge in [-0.3, -0.25) is 4.79 Å². The predicted molar refractivity (Wildman–Crippen MR) is 80.4 cm³/mol. The van der Waals surface area contributed by atoms with Gasteiger partial charge in [-0.25, -0.2) is 0 Å². The minimum atomic E-state index is -0.178. The molecule has 1 aromatic carbocycles. The number of methoxy groups -OCH3 is 1. The summed E-state index contributed by atoms with van der Waals surface area (Å²) in [5, 5.41) is 3.36. The average molecular weight is 298 g/mol. The predicted octanol–water partition coefficient (Wildman–Crippen LogP) is 1.75. The first-order chi connectivity index (χ1) is 9.51. The second-order valence-corrected chi connectivity index (χ2v) is 5.53. The lowest BCUT2D eigenvalue weighted by Crippen LogP contribution is -2.43. The molecule has 5 nitrogen and oxygen atoms in total. The van der Waals surface area contributed by atoms with Gasteiger partial charge in [-0.2, -0.15) is 0 Å². The highest BCUT2D eigenvalue weighted by Crippen LogP contribution is 2.29. The molecule has 110 valence electrons. The molecule has 0 aromatic heterocycles. The van der Waals surface area contributed by atoms with E-state index in [1.54, 1.807) is 12.1 Å². The van der Waals surface area contributed by atoms with E-state index >= 15 is 0 Å². The zero-order valence-electron chi connectivity index (χ0n) is 11.8. The third-order valence-electron chi connectivity index (χ3n) is 3.62. The van der Waals surface area contributed by atoms with Gasteiger partial charge < -0.3 is 20.7 Å². The molecule has 0 spiro atoms. The number of carbonyl (C=O) groups excluding carboxylic acids is 1. The Morgan fingerprint density at radius 1 is 1.45 bits per heavy atom. The Labute approximate surface area is 124 Å². The van der Waals surface area contributed by atoms with Crippen LogP contribution in [0.25, 0.3) is 0 Å². The highest BCUT2D eigenvalue weighted by molar-refractivity contribution is 6.34. The van der Waals surface area contributed by atoms with Gasteiger partial charge in [-0.05, 0) is 45.1 Å². The number of amides is 1. The van der Waals surface area contributed by atoms with E-state index in [4.69, 9.17) is 22.1 Å². The second kappa shape index (κ2) is 6.33. The van der Waals surface area contributed by atoms with Crippen molar-refractivity contribution in [3.8, 4) is 5.75 Å². The Balaban J connectivity index is 2.09. The van der Waals surface area contributed by atoms with Crippen LogP contribution in [0, 0.1) is 0 Å². The van der Waals surface area contributed by atoms with Gasteiger partial charge in [-0.15, -0.1) is 0 Å². The molecule has 1 saturated heterocycles. The van der Waals surface area contributed by atoms with Gasteiger partial charge in [0.2, 0.25) is 0 Å². The van der Waals surface area contributed by atoms with Crippen LogP contribution in [0.5, 0.6) is 5.75 Å². The zero-order chi connectivity index (χ0) is 14.7. The van der Waals surface area contributed by atoms with Gasteiger partial charge >= 0.3 is 0 Å². The third kappa shape index (κ3) is 3.35. The van der Waals surface area contributed by atoms with Crippen molar-refractivity contribution in [1.82, 2.24) is 10.2 Å². The van der Waals surface area contributed by atoms with E-state index in [9.17, 15) is 4.79 Å². The number of nitrogens with zero attached hydrogens (tertiary/aromatic N) is 1. The number of nitrogens with two attached hydrogens (primary N) is 1. The Bertz CT molecular complexity index is 499. The number of likely N-dealkylation sites (tertiary alicyclic amines) is 1. The highest BCUT2D eigenvalue weighted by Gasteiger charge is 2.21. The van der Waals surface area contributed by atoms with Gasteiger partial charge in [0.05, 0.1) is 23.4 Å². The molecule has 20 heavy (non-hydrogen) atoms. The van der Waals surface area contributed by atoms with Crippen LogP contribution >= 0.6 is 11.6 Å². The van der Waals surface area contributed by atoms with Crippen molar-refractivity contribution < 1.29 is 9.53 Å². The molecule has 1 aliphatic heterocycles. The molecule has 1 aliphatic rings. The fraction of sp³-hybridized carbons (Fsp3) is 0.500. The summed E-state index contributed by atoms with van der Waals surface area (Å²) < 4.78 is 5.12. The van der Waals surface area contributed by atoms with E-state index in [1.165, 1.54) is 7.11 Å². The fourth-order valence-corrected chi connectivity index (χ4v) is 2.59. The molecular weight excluding hydrogens is 278 g/mol. The van der Waals surface area contributed by atoms with Gasteiger partial charge in [0, 0.05) is 6.04 Å². The van der Waals surface area contributed by atoms with Gasteiger partial charge in [0.1, 0.15) is 5.75 Å². The first-order valence-electron chi connectivity index (χ1n) is 6.63. The minimum absolute atomic E-state index is 0.178. The number of carbonyl (C=O) groups is 1. The Hall–Kier alpha value is -1.46. The summed E-state index contributed by atoms with van der Waals surface area (Å²) in [6.07, 6.45) is 1.90. The molecule has 1 aromatic rings. The Morgan fingerprint density at radius 3 is 2.70 bits per heavy atom. The molecule has 0 aliphatic carbocycles. The number of anilines is 1. The van der Waals surface area contributed by atoms with Crippen molar-refractivity contribution in [3.05, 3.63) is 22.7 Å². The van der Waals surface area contributed by atoms with Gasteiger partial charge in [0.15, 0.2) is 0 Å². The SMILES string of the molecule is COc1cc(C(=O)NC2CCN(C)CC2)c(Cl)cc1N. The number of halogens is 1. The summed E-state index contributed by atoms with van der Waals surface area (Å²) in [5.74, 6) is 0.283. The van der Waals surface area contributed by atoms with Crippen LogP contribution in [0.2, 0.25) is 5.02 Å². The molecule has 2 rings (SSSR count). The van der Waals surface area contributed by atoms with Crippen LogP contribution in [-0.4, -0.2) is 44.1 Å². The lowest BCUT2D eigenvalue weighted by atomic mass is 10.0. The lowest BCUT2D eigenvalue weighted by Gasteiger charge is -2.29. The number of nitrogen functional groups attached to an aromatic ring is 1. The summed E-state index contributed by atoms with van der Waals surface area (Å²) in [6.45, 7) is 1.98. The monoisotopic (exact) mass is 297 g/mol. The van der Waals surface area contributed by atoms with Crippen LogP contribution < -0.4 is 15.8 Å². The normalized spacial score (nSPS) is 16.9. The number of piperidine rings is 1. The molecule has 6 heteroatoms. The fourth-order valence-electron chi connectivity index (χ4n) is 2.34. The molecule has 0 bridgehead atoms. The molecule has 0 saturated carbocycles. The van der Waals surface area contributed by atoms with E-state index in [2.05, 4.69) is 17.3 Å². The topological polar surface area (TPSA) is 67.6 Å². The molecule has 1 heterocycles. The lowest BCUT2D eigenvalue weighted by molar-refractivity contribution is 0.0916. The van der Waals surface area contributed by atoms with Crippen molar-refractivity contribution in [2.45, 2.75) is 18.9 Å². The number of hydrogen-bond donors (Lipinski definition) is 2. The van der Waals surface area contributed by atoms with Crippen LogP contribution in [0.15, 0.2) is 12.1 Å². The summed E-state index contributed by atoms with van der Waals surface area (Å²) in [7, 11) is 3.60. The van der Waals surface area contributed by atoms with Crippen LogP contribution in [-0.2, 0) is 0 Å². The number of nitrogens with one attached hydrogen (secondary N) is 1. The summed E-state index contributed by atoms with van der Waals surface area (Å²) in [6, 6.07) is 3.32. The van der Waals surface area contributed by atoms with Crippen molar-refractivity contribution >= 4 is 23.2 Å². The maximum atomic E-state index is 12.3. The van der Waals surface area contributed by atoms with E-state index in [0.29, 0.717) is 22.0 Å². The molecule has 0 unspecified atom stereocenters. The highest BCUT2D eigenvalue weighted by atomic mass is 35.5. The van der Waals surface area contributed by atoms with Crippen LogP contribution in [0.4, 0.5) is 5.69 Å². The number of benzene rings is 1. The molecule has 1 amide bonds. The summed E-state index contributed by atoms with van der Waals surface area (Å²) >= 11 is 6.09. The van der Waals surface area contributed by atoms with Crippen LogP contribution in [0.3, 0.4) is 0 Å². The number of rotatable bonds is 3. The minimum Gasteiger partial charge on any atom is -0.495 e. The molecular formula is C14H20ClN3O2. The largest absolute Gasteiger partial charge is 0.495 e. The quantitative estimate of drug-likeness (QED) is 0.834. The van der Waals surface area contributed by atoms with E-state index in [0.717, 1.165) is 25.9 Å². The summed E-state index contributed by atoms with van der Waals surface area (Å²) in [5.41, 5.74) is 6.58. The first-order valence-corrected chi connectivity index (χ1v) is 7.01. The second-order valence-electron chi connectivity index (χ2n) is 5.13. The maximum Gasteiger partial charge on any atom is 0.253 e. The Morgan fingerprint density at radius 2 is 2.10 bits per heavy atom. The van der Waals surface area contributed by atoms with Crippen LogP contribution in [0.1, 0.15) is 23.2 Å². The van der Waals surface area contributed by atoms with Crippen molar-refractivity contribution in [3.63, 3.8) is 0 Å². The third-order valence-corrected chi connectivity index (χ3v) is 3.93. The van der Waals surface area contributed by atoms with Gasteiger partial charge in [0.25, 0.3) is 5.91 Å². The number of hydrogen-bond acceptors (Lipinski definition) is 4. The summed E-state index contributed by atoms with van der Waals surface area (Å²) in [4.78, 5) is 14.5.